The van der Waals surface area contributed by atoms with Crippen LogP contribution in [0.3, 0.4) is 0 Å². The number of amides is 1. The second-order valence-electron chi connectivity index (χ2n) is 5.06. The van der Waals surface area contributed by atoms with E-state index in [0.717, 1.165) is 19.5 Å². The van der Waals surface area contributed by atoms with Crippen molar-refractivity contribution in [2.75, 3.05) is 13.6 Å². The molecule has 0 bridgehead atoms. The number of carbonyl (C=O) groups is 1. The Morgan fingerprint density at radius 3 is 2.70 bits per heavy atom. The van der Waals surface area contributed by atoms with Gasteiger partial charge in [-0.2, -0.15) is 0 Å². The molecule has 2 atom stereocenters. The summed E-state index contributed by atoms with van der Waals surface area (Å²) >= 11 is 0. The number of aryl methyl sites for hydroxylation is 1. The molecule has 128 valence electrons. The molecule has 9 heteroatoms. The normalized spacial score (nSPS) is 19.4. The van der Waals surface area contributed by atoms with E-state index < -0.39 is 5.91 Å². The molecule has 1 aromatic rings. The highest BCUT2D eigenvalue weighted by Gasteiger charge is 2.27. The van der Waals surface area contributed by atoms with E-state index in [-0.39, 0.29) is 31.0 Å². The summed E-state index contributed by atoms with van der Waals surface area (Å²) < 4.78 is 2.02. The molecule has 1 aliphatic heterocycles. The summed E-state index contributed by atoms with van der Waals surface area (Å²) in [5, 5.41) is 11.8. The zero-order valence-corrected chi connectivity index (χ0v) is 14.3. The molecule has 23 heavy (non-hydrogen) atoms. The standard InChI is InChI=1S/C14H19N5O2.2ClH/c1-17-9-10-19(13(17)11-16-21)6-2-5-18-7-3-12(4-8-18)14(15)20;;/h3-4,7-11,13H,2,5-6H2,1H3,(H2-,15,20,21);2*1H. The van der Waals surface area contributed by atoms with Crippen molar-refractivity contribution in [3.63, 3.8) is 0 Å². The number of rotatable bonds is 6. The van der Waals surface area contributed by atoms with Gasteiger partial charge in [0.15, 0.2) is 18.9 Å². The van der Waals surface area contributed by atoms with Gasteiger partial charge in [0.05, 0.1) is 24.7 Å². The lowest BCUT2D eigenvalue weighted by Crippen LogP contribution is -3.12. The van der Waals surface area contributed by atoms with Crippen LogP contribution in [0.4, 0.5) is 0 Å². The zero-order valence-electron chi connectivity index (χ0n) is 12.8. The number of hydrogen-bond acceptors (Lipinski definition) is 4. The fraction of sp³-hybridized carbons (Fsp3) is 0.357. The molecule has 0 saturated carbocycles. The highest BCUT2D eigenvalue weighted by atomic mass is 35.5. The van der Waals surface area contributed by atoms with Gasteiger partial charge in [-0.15, -0.1) is 0 Å². The minimum absolute atomic E-state index is 0. The second-order valence-corrected chi connectivity index (χ2v) is 5.06. The molecule has 1 aliphatic rings. The van der Waals surface area contributed by atoms with Crippen molar-refractivity contribution < 1.29 is 44.3 Å². The molecule has 1 aromatic heterocycles. The van der Waals surface area contributed by atoms with Gasteiger partial charge in [0.25, 0.3) is 0 Å². The van der Waals surface area contributed by atoms with Crippen molar-refractivity contribution in [2.45, 2.75) is 19.1 Å². The van der Waals surface area contributed by atoms with Gasteiger partial charge in [-0.25, -0.2) is 4.57 Å². The minimum Gasteiger partial charge on any atom is -1.00 e. The lowest BCUT2D eigenvalue weighted by molar-refractivity contribution is -0.867. The first-order valence-electron chi connectivity index (χ1n) is 6.84. The fourth-order valence-corrected chi connectivity index (χ4v) is 2.40. The highest BCUT2D eigenvalue weighted by molar-refractivity contribution is 5.92. The van der Waals surface area contributed by atoms with Crippen molar-refractivity contribution in [3.8, 4) is 0 Å². The Hall–Kier alpha value is -1.83. The Balaban J connectivity index is 0.00000242. The molecule has 2 heterocycles. The molecular formula is C14H21Cl2N5O2. The third kappa shape index (κ3) is 5.70. The van der Waals surface area contributed by atoms with E-state index in [1.54, 1.807) is 12.1 Å². The summed E-state index contributed by atoms with van der Waals surface area (Å²) in [5.41, 5.74) is 5.72. The number of aromatic nitrogens is 1. The Morgan fingerprint density at radius 1 is 1.48 bits per heavy atom. The Labute approximate surface area is 147 Å². The second kappa shape index (κ2) is 10.0. The Morgan fingerprint density at radius 2 is 2.13 bits per heavy atom. The summed E-state index contributed by atoms with van der Waals surface area (Å²) in [6.45, 7) is 1.77. The highest BCUT2D eigenvalue weighted by Crippen LogP contribution is 1.95. The third-order valence-corrected chi connectivity index (χ3v) is 3.61. The van der Waals surface area contributed by atoms with Gasteiger partial charge in [0.2, 0.25) is 12.1 Å². The predicted molar refractivity (Wildman–Crippen MR) is 76.6 cm³/mol. The number of nitrogens with two attached hydrogens (primary N) is 1. The van der Waals surface area contributed by atoms with Gasteiger partial charge in [-0.05, 0) is 0 Å². The number of nitrogens with zero attached hydrogens (tertiary/aromatic N) is 3. The number of oxime groups is 1. The van der Waals surface area contributed by atoms with Crippen LogP contribution in [0.15, 0.2) is 42.1 Å². The smallest absolute Gasteiger partial charge is 0.249 e. The van der Waals surface area contributed by atoms with Crippen LogP contribution in [0.2, 0.25) is 0 Å². The van der Waals surface area contributed by atoms with Gasteiger partial charge >= 0.3 is 0 Å². The van der Waals surface area contributed by atoms with Crippen molar-refractivity contribution in [2.24, 2.45) is 10.9 Å². The van der Waals surface area contributed by atoms with Crippen LogP contribution in [0.1, 0.15) is 16.8 Å². The Bertz CT molecular complexity index is 551. The van der Waals surface area contributed by atoms with Crippen LogP contribution in [0.25, 0.3) is 0 Å². The molecule has 0 fully saturated rings. The van der Waals surface area contributed by atoms with Crippen LogP contribution < -0.4 is 40.0 Å². The monoisotopic (exact) mass is 361 g/mol. The van der Waals surface area contributed by atoms with Crippen molar-refractivity contribution in [1.82, 2.24) is 4.90 Å². The molecule has 0 aromatic carbocycles. The van der Waals surface area contributed by atoms with Crippen LogP contribution in [0, 0.1) is 0 Å². The lowest BCUT2D eigenvalue weighted by Gasteiger charge is -2.20. The topological polar surface area (TPSA) is 87.2 Å². The van der Waals surface area contributed by atoms with Crippen molar-refractivity contribution >= 4 is 12.1 Å². The van der Waals surface area contributed by atoms with Gasteiger partial charge in [-0.3, -0.25) is 9.69 Å². The number of quaternary nitrogens is 1. The van der Waals surface area contributed by atoms with E-state index in [2.05, 4.69) is 11.4 Å². The molecule has 4 N–H and O–H groups in total. The molecule has 2 rings (SSSR count). The summed E-state index contributed by atoms with van der Waals surface area (Å²) in [6, 6.07) is 3.44. The molecule has 0 radical (unpaired) electrons. The zero-order chi connectivity index (χ0) is 15.2. The number of halogens is 2. The van der Waals surface area contributed by atoms with Crippen LogP contribution in [-0.2, 0) is 6.54 Å². The maximum absolute atomic E-state index is 11.0. The number of hydrogen-bond donors (Lipinski definition) is 3. The van der Waals surface area contributed by atoms with E-state index in [0.29, 0.717) is 5.56 Å². The number of pyridine rings is 1. The van der Waals surface area contributed by atoms with E-state index >= 15 is 0 Å². The first-order chi connectivity index (χ1) is 10.1. The maximum atomic E-state index is 11.0. The summed E-state index contributed by atoms with van der Waals surface area (Å²) in [5.74, 6) is -0.414. The summed E-state index contributed by atoms with van der Waals surface area (Å²) in [6.07, 6.45) is 10.3. The molecule has 7 nitrogen and oxygen atoms in total. The van der Waals surface area contributed by atoms with Crippen LogP contribution >= 0.6 is 0 Å². The van der Waals surface area contributed by atoms with E-state index in [1.165, 1.54) is 11.1 Å². The van der Waals surface area contributed by atoms with E-state index in [4.69, 9.17) is 10.9 Å². The fourth-order valence-electron chi connectivity index (χ4n) is 2.40. The average molecular weight is 362 g/mol. The maximum Gasteiger partial charge on any atom is 0.249 e. The largest absolute Gasteiger partial charge is 1.00 e. The average Bonchev–Trinajstić information content (AvgIpc) is 2.81. The number of carbonyl (C=O) groups excluding carboxylic acids is 1. The minimum atomic E-state index is -0.414. The molecule has 2 unspecified atom stereocenters. The molecule has 0 spiro atoms. The predicted octanol–water partition coefficient (Wildman–Crippen LogP) is -7.44. The van der Waals surface area contributed by atoms with Crippen LogP contribution in [-0.4, -0.2) is 42.0 Å². The van der Waals surface area contributed by atoms with Gasteiger partial charge in [-0.1, -0.05) is 5.16 Å². The van der Waals surface area contributed by atoms with Gasteiger partial charge in [0, 0.05) is 19.2 Å². The van der Waals surface area contributed by atoms with Crippen LogP contribution in [0.5, 0.6) is 0 Å². The molecule has 0 aliphatic carbocycles. The quantitative estimate of drug-likeness (QED) is 0.203. The van der Waals surface area contributed by atoms with Gasteiger partial charge in [0.1, 0.15) is 12.4 Å². The van der Waals surface area contributed by atoms with E-state index in [1.807, 2.05) is 35.1 Å². The van der Waals surface area contributed by atoms with Crippen molar-refractivity contribution in [1.29, 1.82) is 0 Å². The van der Waals surface area contributed by atoms with E-state index in [9.17, 15) is 4.79 Å². The van der Waals surface area contributed by atoms with Gasteiger partial charge < -0.3 is 40.7 Å². The molecule has 0 saturated heterocycles. The lowest BCUT2D eigenvalue weighted by atomic mass is 10.2. The number of primary amides is 1. The van der Waals surface area contributed by atoms with Crippen molar-refractivity contribution in [3.05, 3.63) is 42.5 Å². The molecular weight excluding hydrogens is 341 g/mol. The summed E-state index contributed by atoms with van der Waals surface area (Å²) in [4.78, 5) is 14.2. The number of nitrogens with one attached hydrogen (secondary N) is 1. The summed E-state index contributed by atoms with van der Waals surface area (Å²) in [7, 11) is 1.95. The first kappa shape index (κ1) is 21.2. The first-order valence-corrected chi connectivity index (χ1v) is 6.84. The SMILES string of the molecule is CN1C=C[NH+](CCC[n+]2ccc(C(N)=O)cc2)C1C=NO.[Cl-].[Cl-]. The molecule has 1 amide bonds. The third-order valence-electron chi connectivity index (χ3n) is 3.61. The Kier molecular flexibility index (Phi) is 9.24.